The van der Waals surface area contributed by atoms with Crippen LogP contribution in [0.4, 0.5) is 0 Å². The smallest absolute Gasteiger partial charge is 0.161 e. The molecule has 1 aromatic rings. The number of hydrogen-bond acceptors (Lipinski definition) is 1. The molecule has 2 rings (SSSR count). The Morgan fingerprint density at radius 3 is 2.29 bits per heavy atom. The summed E-state index contributed by atoms with van der Waals surface area (Å²) in [5, 5.41) is 0. The third-order valence-electron chi connectivity index (χ3n) is 2.11. The highest BCUT2D eigenvalue weighted by Gasteiger charge is 1.96. The van der Waals surface area contributed by atoms with Crippen molar-refractivity contribution in [3.05, 3.63) is 42.5 Å². The van der Waals surface area contributed by atoms with Crippen LogP contribution in [0.25, 0.3) is 6.08 Å². The SMILES string of the molecule is C1CC[SiH2]OC1.C=Cc1ccccc1. The molecule has 0 amide bonds. The highest BCUT2D eigenvalue weighted by molar-refractivity contribution is 6.27. The molecule has 1 heterocycles. The monoisotopic (exact) mass is 206 g/mol. The maximum absolute atomic E-state index is 5.21. The second kappa shape index (κ2) is 7.53. The van der Waals surface area contributed by atoms with Gasteiger partial charge in [-0.1, -0.05) is 49.4 Å². The third kappa shape index (κ3) is 4.99. The molecule has 0 aliphatic carbocycles. The van der Waals surface area contributed by atoms with Gasteiger partial charge in [-0.25, -0.2) is 0 Å². The predicted octanol–water partition coefficient (Wildman–Crippen LogP) is 2.63. The number of rotatable bonds is 1. The van der Waals surface area contributed by atoms with Gasteiger partial charge in [0.25, 0.3) is 0 Å². The van der Waals surface area contributed by atoms with Crippen molar-refractivity contribution in [1.82, 2.24) is 0 Å². The molecule has 1 saturated heterocycles. The Hall–Kier alpha value is -0.863. The molecule has 0 unspecified atom stereocenters. The largest absolute Gasteiger partial charge is 0.424 e. The molecule has 0 radical (unpaired) electrons. The molecule has 1 aromatic carbocycles. The summed E-state index contributed by atoms with van der Waals surface area (Å²) in [5.41, 5.74) is 1.17. The van der Waals surface area contributed by atoms with E-state index < -0.39 is 0 Å². The lowest BCUT2D eigenvalue weighted by Crippen LogP contribution is -2.06. The first-order valence-electron chi connectivity index (χ1n) is 5.18. The standard InChI is InChI=1S/C8H8.C4H10OSi/c1-2-8-6-4-3-5-7-8;1-2-4-6-5-3-1/h2-7H,1H2;1-4,6H2. The summed E-state index contributed by atoms with van der Waals surface area (Å²) < 4.78 is 5.21. The van der Waals surface area contributed by atoms with Gasteiger partial charge in [0.2, 0.25) is 0 Å². The quantitative estimate of drug-likeness (QED) is 0.642. The van der Waals surface area contributed by atoms with Gasteiger partial charge in [0.15, 0.2) is 9.76 Å². The highest BCUT2D eigenvalue weighted by atomic mass is 28.2. The lowest BCUT2D eigenvalue weighted by Gasteiger charge is -2.07. The molecule has 0 N–H and O–H groups in total. The lowest BCUT2D eigenvalue weighted by molar-refractivity contribution is 0.304. The molecule has 0 saturated carbocycles. The molecule has 1 aliphatic heterocycles. The summed E-state index contributed by atoms with van der Waals surface area (Å²) in [5.74, 6) is 0. The fourth-order valence-corrected chi connectivity index (χ4v) is 2.45. The zero-order valence-corrected chi connectivity index (χ0v) is 10.0. The van der Waals surface area contributed by atoms with Crippen LogP contribution < -0.4 is 0 Å². The van der Waals surface area contributed by atoms with Crippen LogP contribution in [0.15, 0.2) is 36.9 Å². The highest BCUT2D eigenvalue weighted by Crippen LogP contribution is 2.01. The summed E-state index contributed by atoms with van der Waals surface area (Å²) in [6, 6.07) is 11.4. The van der Waals surface area contributed by atoms with Crippen molar-refractivity contribution in [3.63, 3.8) is 0 Å². The first-order chi connectivity index (χ1) is 6.93. The topological polar surface area (TPSA) is 9.23 Å². The molecule has 76 valence electrons. The van der Waals surface area contributed by atoms with Crippen LogP contribution in [0.1, 0.15) is 18.4 Å². The van der Waals surface area contributed by atoms with Gasteiger partial charge in [0.05, 0.1) is 0 Å². The van der Waals surface area contributed by atoms with Gasteiger partial charge >= 0.3 is 0 Å². The molecule has 14 heavy (non-hydrogen) atoms. The Kier molecular flexibility index (Phi) is 6.03. The number of benzene rings is 1. The molecule has 1 fully saturated rings. The van der Waals surface area contributed by atoms with Gasteiger partial charge in [-0.15, -0.1) is 0 Å². The fraction of sp³-hybridized carbons (Fsp3) is 0.333. The summed E-state index contributed by atoms with van der Waals surface area (Å²) in [7, 11) is 0.00849. The average Bonchev–Trinajstić information content (AvgIpc) is 2.33. The van der Waals surface area contributed by atoms with Crippen molar-refractivity contribution in [2.45, 2.75) is 18.9 Å². The van der Waals surface area contributed by atoms with Crippen molar-refractivity contribution in [2.24, 2.45) is 0 Å². The summed E-state index contributed by atoms with van der Waals surface area (Å²) in [6.45, 7) is 4.69. The van der Waals surface area contributed by atoms with E-state index in [1.807, 2.05) is 36.4 Å². The average molecular weight is 206 g/mol. The summed E-state index contributed by atoms with van der Waals surface area (Å²) in [6.07, 6.45) is 4.58. The molecular formula is C12H18OSi. The number of hydrogen-bond donors (Lipinski definition) is 0. The van der Waals surface area contributed by atoms with E-state index in [1.54, 1.807) is 0 Å². The van der Waals surface area contributed by atoms with Crippen LogP contribution in [0, 0.1) is 0 Å². The Morgan fingerprint density at radius 1 is 1.21 bits per heavy atom. The van der Waals surface area contributed by atoms with E-state index in [0.29, 0.717) is 0 Å². The Balaban J connectivity index is 0.000000146. The molecule has 1 nitrogen and oxygen atoms in total. The predicted molar refractivity (Wildman–Crippen MR) is 65.1 cm³/mol. The second-order valence-electron chi connectivity index (χ2n) is 3.29. The Morgan fingerprint density at radius 2 is 2.00 bits per heavy atom. The van der Waals surface area contributed by atoms with E-state index >= 15 is 0 Å². The third-order valence-corrected chi connectivity index (χ3v) is 3.48. The minimum absolute atomic E-state index is 0.00849. The fourth-order valence-electron chi connectivity index (χ4n) is 1.28. The lowest BCUT2D eigenvalue weighted by atomic mass is 10.2. The normalized spacial score (nSPS) is 16.9. The molecule has 0 spiro atoms. The maximum Gasteiger partial charge on any atom is 0.161 e. The first-order valence-corrected chi connectivity index (χ1v) is 6.76. The van der Waals surface area contributed by atoms with Gasteiger partial charge in [-0.2, -0.15) is 0 Å². The van der Waals surface area contributed by atoms with E-state index in [2.05, 4.69) is 6.58 Å². The van der Waals surface area contributed by atoms with E-state index in [9.17, 15) is 0 Å². The molecule has 0 bridgehead atoms. The van der Waals surface area contributed by atoms with Gasteiger partial charge in [0, 0.05) is 6.61 Å². The van der Waals surface area contributed by atoms with Crippen LogP contribution in [-0.4, -0.2) is 16.4 Å². The van der Waals surface area contributed by atoms with E-state index in [0.717, 1.165) is 6.61 Å². The molecule has 1 aliphatic rings. The minimum atomic E-state index is 0.00849. The summed E-state index contributed by atoms with van der Waals surface area (Å²) in [4.78, 5) is 0. The molecule has 0 aromatic heterocycles. The van der Waals surface area contributed by atoms with Gasteiger partial charge < -0.3 is 4.43 Å². The minimum Gasteiger partial charge on any atom is -0.424 e. The Bertz CT molecular complexity index is 230. The second-order valence-corrected chi connectivity index (χ2v) is 4.81. The van der Waals surface area contributed by atoms with Crippen molar-refractivity contribution >= 4 is 15.8 Å². The van der Waals surface area contributed by atoms with Crippen LogP contribution in [0.5, 0.6) is 0 Å². The van der Waals surface area contributed by atoms with Crippen LogP contribution in [0.3, 0.4) is 0 Å². The molecule has 0 atom stereocenters. The van der Waals surface area contributed by atoms with Crippen molar-refractivity contribution < 1.29 is 4.43 Å². The first kappa shape index (κ1) is 11.2. The van der Waals surface area contributed by atoms with Gasteiger partial charge in [-0.05, 0) is 18.0 Å². The van der Waals surface area contributed by atoms with Gasteiger partial charge in [-0.3, -0.25) is 0 Å². The molecular weight excluding hydrogens is 188 g/mol. The zero-order chi connectivity index (χ0) is 10.1. The van der Waals surface area contributed by atoms with Crippen LogP contribution in [-0.2, 0) is 4.43 Å². The van der Waals surface area contributed by atoms with Crippen LogP contribution >= 0.6 is 0 Å². The Labute approximate surface area is 88.7 Å². The zero-order valence-electron chi connectivity index (χ0n) is 8.61. The van der Waals surface area contributed by atoms with E-state index in [1.165, 1.54) is 24.4 Å². The van der Waals surface area contributed by atoms with Crippen molar-refractivity contribution in [3.8, 4) is 0 Å². The van der Waals surface area contributed by atoms with Gasteiger partial charge in [0.1, 0.15) is 0 Å². The molecule has 2 heteroatoms. The summed E-state index contributed by atoms with van der Waals surface area (Å²) >= 11 is 0. The van der Waals surface area contributed by atoms with Crippen molar-refractivity contribution in [2.75, 3.05) is 6.61 Å². The van der Waals surface area contributed by atoms with Crippen molar-refractivity contribution in [1.29, 1.82) is 0 Å². The van der Waals surface area contributed by atoms with E-state index in [4.69, 9.17) is 4.43 Å². The van der Waals surface area contributed by atoms with Crippen LogP contribution in [0.2, 0.25) is 6.04 Å². The maximum atomic E-state index is 5.21. The van der Waals surface area contributed by atoms with E-state index in [-0.39, 0.29) is 9.76 Å².